The molecule has 33 heavy (non-hydrogen) atoms. The molecular weight excluding hydrogens is 418 g/mol. The summed E-state index contributed by atoms with van der Waals surface area (Å²) in [4.78, 5) is 20.7. The molecule has 0 radical (unpaired) electrons. The first-order valence-electron chi connectivity index (χ1n) is 11.5. The number of allylic oxidation sites excluding steroid dienone is 8. The molecule has 182 valence electrons. The van der Waals surface area contributed by atoms with Crippen molar-refractivity contribution in [3.63, 3.8) is 0 Å². The molecule has 1 aromatic rings. The molecule has 1 aromatic carbocycles. The molecule has 0 saturated carbocycles. The molecule has 0 aliphatic heterocycles. The molecule has 0 spiro atoms. The normalized spacial score (nSPS) is 11.4. The van der Waals surface area contributed by atoms with E-state index in [-0.39, 0.29) is 17.7 Å². The molecule has 0 bridgehead atoms. The van der Waals surface area contributed by atoms with Crippen LogP contribution in [-0.2, 0) is 4.79 Å². The van der Waals surface area contributed by atoms with Gasteiger partial charge in [0, 0.05) is 12.1 Å². The third-order valence-electron chi connectivity index (χ3n) is 4.47. The van der Waals surface area contributed by atoms with Gasteiger partial charge in [-0.2, -0.15) is 0 Å². The summed E-state index contributed by atoms with van der Waals surface area (Å²) in [6.45, 7) is 2.23. The van der Waals surface area contributed by atoms with Gasteiger partial charge in [0.1, 0.15) is 11.3 Å². The summed E-state index contributed by atoms with van der Waals surface area (Å²) < 4.78 is 0. The topological polar surface area (TPSA) is 121 Å². The van der Waals surface area contributed by atoms with E-state index >= 15 is 0 Å². The number of hydrogen-bond donors (Lipinski definition) is 4. The van der Waals surface area contributed by atoms with E-state index in [2.05, 4.69) is 55.5 Å². The average molecular weight is 458 g/mol. The average Bonchev–Trinajstić information content (AvgIpc) is 2.77. The second kappa shape index (κ2) is 20.6. The third kappa shape index (κ3) is 19.2. The Morgan fingerprint density at radius 2 is 1.33 bits per heavy atom. The first-order chi connectivity index (χ1) is 15.9. The first kappa shape index (κ1) is 29.7. The van der Waals surface area contributed by atoms with Gasteiger partial charge in [-0.15, -0.1) is 0 Å². The number of aliphatic carboxylic acids is 1. The molecule has 0 saturated heterocycles. The van der Waals surface area contributed by atoms with Gasteiger partial charge in [-0.3, -0.25) is 4.79 Å². The van der Waals surface area contributed by atoms with Gasteiger partial charge in [0.15, 0.2) is 0 Å². The molecule has 6 nitrogen and oxygen atoms in total. The lowest BCUT2D eigenvalue weighted by Crippen LogP contribution is -1.97. The summed E-state index contributed by atoms with van der Waals surface area (Å²) in [5.41, 5.74) is 5.43. The monoisotopic (exact) mass is 457 g/mol. The summed E-state index contributed by atoms with van der Waals surface area (Å²) in [7, 11) is 0. The van der Waals surface area contributed by atoms with Crippen molar-refractivity contribution in [2.24, 2.45) is 0 Å². The van der Waals surface area contributed by atoms with Crippen molar-refractivity contribution in [1.82, 2.24) is 0 Å². The molecule has 0 aromatic heterocycles. The summed E-state index contributed by atoms with van der Waals surface area (Å²) in [5.74, 6) is -2.17. The molecular formula is C27H39NO5. The van der Waals surface area contributed by atoms with Gasteiger partial charge >= 0.3 is 11.9 Å². The van der Waals surface area contributed by atoms with Gasteiger partial charge < -0.3 is 21.1 Å². The maximum Gasteiger partial charge on any atom is 0.339 e. The van der Waals surface area contributed by atoms with Gasteiger partial charge in [0.2, 0.25) is 0 Å². The number of aromatic hydroxyl groups is 1. The van der Waals surface area contributed by atoms with Crippen molar-refractivity contribution < 1.29 is 24.9 Å². The molecule has 0 fully saturated rings. The standard InChI is InChI=1S/C20H32O2.C7H7NO3/c1-2-3-4-5-6-7-8-9-10-11-12-13-14-15-16-17-18-19-20(21)22;8-4-1-2-6(9)5(3-4)7(10)11/h6-7,9-10,12-13,15-16H,2-5,8,11,14,17-19H2,1H3,(H,21,22);1-3,9H,8H2,(H,10,11). The highest BCUT2D eigenvalue weighted by Gasteiger charge is 2.08. The van der Waals surface area contributed by atoms with Crippen molar-refractivity contribution in [2.75, 3.05) is 5.73 Å². The number of hydrogen-bond acceptors (Lipinski definition) is 4. The molecule has 0 amide bonds. The molecule has 0 aliphatic carbocycles. The van der Waals surface area contributed by atoms with Crippen LogP contribution in [0.15, 0.2) is 66.8 Å². The van der Waals surface area contributed by atoms with Crippen LogP contribution in [0.1, 0.15) is 81.5 Å². The number of carboxylic acids is 2. The largest absolute Gasteiger partial charge is 0.507 e. The fourth-order valence-electron chi connectivity index (χ4n) is 2.66. The van der Waals surface area contributed by atoms with Crippen molar-refractivity contribution in [3.05, 3.63) is 72.4 Å². The van der Waals surface area contributed by atoms with Crippen LogP contribution in [0.2, 0.25) is 0 Å². The molecule has 0 heterocycles. The van der Waals surface area contributed by atoms with Crippen LogP contribution in [0.4, 0.5) is 5.69 Å². The van der Waals surface area contributed by atoms with Crippen LogP contribution in [0.3, 0.4) is 0 Å². The highest BCUT2D eigenvalue weighted by Crippen LogP contribution is 2.19. The Bertz CT molecular complexity index is 794. The number of phenols is 1. The fraction of sp³-hybridized carbons (Fsp3) is 0.407. The van der Waals surface area contributed by atoms with Gasteiger partial charge in [-0.1, -0.05) is 68.4 Å². The van der Waals surface area contributed by atoms with Gasteiger partial charge in [0.05, 0.1) is 0 Å². The van der Waals surface area contributed by atoms with Crippen molar-refractivity contribution in [1.29, 1.82) is 0 Å². The van der Waals surface area contributed by atoms with Crippen LogP contribution in [0.5, 0.6) is 5.75 Å². The van der Waals surface area contributed by atoms with Gasteiger partial charge in [-0.25, -0.2) is 4.79 Å². The number of carbonyl (C=O) groups is 2. The van der Waals surface area contributed by atoms with E-state index in [4.69, 9.17) is 21.1 Å². The Labute approximate surface area is 197 Å². The number of carboxylic acid groups (broad SMARTS) is 2. The molecule has 6 heteroatoms. The zero-order valence-corrected chi connectivity index (χ0v) is 19.7. The van der Waals surface area contributed by atoms with E-state index in [0.717, 1.165) is 32.1 Å². The van der Waals surface area contributed by atoms with Crippen LogP contribution in [0.25, 0.3) is 0 Å². The number of unbranched alkanes of at least 4 members (excludes halogenated alkanes) is 4. The van der Waals surface area contributed by atoms with E-state index in [1.54, 1.807) is 0 Å². The first-order valence-corrected chi connectivity index (χ1v) is 11.5. The van der Waals surface area contributed by atoms with Gasteiger partial charge in [-0.05, 0) is 63.1 Å². The number of benzene rings is 1. The maximum atomic E-state index is 10.4. The highest BCUT2D eigenvalue weighted by molar-refractivity contribution is 5.91. The summed E-state index contributed by atoms with van der Waals surface area (Å²) in [6, 6.07) is 3.89. The zero-order valence-electron chi connectivity index (χ0n) is 19.7. The Balaban J connectivity index is 0.000000771. The maximum absolute atomic E-state index is 10.4. The molecule has 0 unspecified atom stereocenters. The second-order valence-electron chi connectivity index (χ2n) is 7.46. The number of rotatable bonds is 15. The van der Waals surface area contributed by atoms with Crippen LogP contribution in [0, 0.1) is 0 Å². The fourth-order valence-corrected chi connectivity index (χ4v) is 2.66. The van der Waals surface area contributed by atoms with E-state index in [0.29, 0.717) is 5.69 Å². The van der Waals surface area contributed by atoms with E-state index in [1.165, 1.54) is 43.9 Å². The minimum atomic E-state index is -1.19. The highest BCUT2D eigenvalue weighted by atomic mass is 16.4. The van der Waals surface area contributed by atoms with Crippen LogP contribution < -0.4 is 5.73 Å². The number of nitrogens with two attached hydrogens (primary N) is 1. The predicted octanol–water partition coefficient (Wildman–Crippen LogP) is 6.89. The Kier molecular flexibility index (Phi) is 18.6. The molecule has 1 rings (SSSR count). The molecule has 0 aliphatic rings. The lowest BCUT2D eigenvalue weighted by atomic mass is 10.2. The number of nitrogen functional groups attached to an aromatic ring is 1. The van der Waals surface area contributed by atoms with Crippen molar-refractivity contribution in [2.45, 2.75) is 71.1 Å². The zero-order chi connectivity index (χ0) is 24.7. The lowest BCUT2D eigenvalue weighted by Gasteiger charge is -1.98. The number of anilines is 1. The predicted molar refractivity (Wildman–Crippen MR) is 136 cm³/mol. The Morgan fingerprint density at radius 1 is 0.818 bits per heavy atom. The lowest BCUT2D eigenvalue weighted by molar-refractivity contribution is -0.137. The minimum Gasteiger partial charge on any atom is -0.507 e. The molecule has 5 N–H and O–H groups in total. The SMILES string of the molecule is CCCCCC=CCC=CCC=CCC=CCCCC(=O)O.Nc1ccc(O)c(C(=O)O)c1. The van der Waals surface area contributed by atoms with Crippen LogP contribution in [-0.4, -0.2) is 27.3 Å². The quantitative estimate of drug-likeness (QED) is 0.0984. The van der Waals surface area contributed by atoms with Crippen molar-refractivity contribution in [3.8, 4) is 5.75 Å². The second-order valence-corrected chi connectivity index (χ2v) is 7.46. The molecule has 0 atom stereocenters. The summed E-state index contributed by atoms with van der Waals surface area (Å²) >= 11 is 0. The summed E-state index contributed by atoms with van der Waals surface area (Å²) in [5, 5.41) is 25.9. The Morgan fingerprint density at radius 3 is 1.79 bits per heavy atom. The van der Waals surface area contributed by atoms with E-state index in [1.807, 2.05) is 0 Å². The van der Waals surface area contributed by atoms with Crippen LogP contribution >= 0.6 is 0 Å². The van der Waals surface area contributed by atoms with Crippen molar-refractivity contribution >= 4 is 17.6 Å². The smallest absolute Gasteiger partial charge is 0.339 e. The summed E-state index contributed by atoms with van der Waals surface area (Å²) in [6.07, 6.45) is 27.3. The van der Waals surface area contributed by atoms with E-state index in [9.17, 15) is 9.59 Å². The van der Waals surface area contributed by atoms with E-state index < -0.39 is 11.9 Å². The Hall–Kier alpha value is -3.28. The minimum absolute atomic E-state index is 0.176. The third-order valence-corrected chi connectivity index (χ3v) is 4.47. The number of aromatic carboxylic acids is 1. The van der Waals surface area contributed by atoms with Gasteiger partial charge in [0.25, 0.3) is 0 Å².